The summed E-state index contributed by atoms with van der Waals surface area (Å²) in [6.45, 7) is 2.20. The molecule has 2 atom stereocenters. The highest BCUT2D eigenvalue weighted by Gasteiger charge is 2.28. The molecule has 0 spiro atoms. The van der Waals surface area contributed by atoms with Gasteiger partial charge in [0.25, 0.3) is 0 Å². The number of halogens is 2. The Morgan fingerprint density at radius 1 is 1.38 bits per heavy atom. The summed E-state index contributed by atoms with van der Waals surface area (Å²) in [4.78, 5) is 25.5. The maximum absolute atomic E-state index is 14.0. The molecule has 1 heterocycles. The normalized spacial score (nSPS) is 19.0. The summed E-state index contributed by atoms with van der Waals surface area (Å²) in [5, 5.41) is 11.7. The number of carbonyl (C=O) groups excluding carboxylic acids is 2. The van der Waals surface area contributed by atoms with Gasteiger partial charge in [0.05, 0.1) is 12.5 Å². The van der Waals surface area contributed by atoms with Crippen LogP contribution in [0, 0.1) is 17.6 Å². The standard InChI is InChI=1S/C17H22F2N2O3/c1-11(23)20-15(17-13(18)5-2-6-14(17)19)8-16(24)21-7-3-4-12(9-21)10-22/h2,5-6,12,15,22H,3-4,7-10H2,1H3,(H,20,23). The molecular weight excluding hydrogens is 318 g/mol. The van der Waals surface area contributed by atoms with Crippen molar-refractivity contribution in [2.75, 3.05) is 19.7 Å². The van der Waals surface area contributed by atoms with Gasteiger partial charge in [-0.25, -0.2) is 8.78 Å². The first-order chi connectivity index (χ1) is 11.4. The number of aliphatic hydroxyl groups is 1. The lowest BCUT2D eigenvalue weighted by Crippen LogP contribution is -2.42. The van der Waals surface area contributed by atoms with E-state index in [0.29, 0.717) is 13.1 Å². The maximum atomic E-state index is 14.0. The molecule has 0 saturated carbocycles. The molecule has 0 radical (unpaired) electrons. The molecule has 2 N–H and O–H groups in total. The zero-order valence-corrected chi connectivity index (χ0v) is 13.6. The van der Waals surface area contributed by atoms with E-state index in [2.05, 4.69) is 5.32 Å². The van der Waals surface area contributed by atoms with E-state index < -0.39 is 23.6 Å². The molecule has 0 aliphatic carbocycles. The second-order valence-electron chi connectivity index (χ2n) is 6.12. The third-order valence-corrected chi connectivity index (χ3v) is 4.23. The van der Waals surface area contributed by atoms with Gasteiger partial charge in [0.2, 0.25) is 11.8 Å². The third-order valence-electron chi connectivity index (χ3n) is 4.23. The zero-order valence-electron chi connectivity index (χ0n) is 13.6. The molecule has 1 aromatic rings. The van der Waals surface area contributed by atoms with Gasteiger partial charge >= 0.3 is 0 Å². The summed E-state index contributed by atoms with van der Waals surface area (Å²) in [6.07, 6.45) is 1.39. The van der Waals surface area contributed by atoms with Crippen molar-refractivity contribution in [1.82, 2.24) is 10.2 Å². The molecule has 1 aromatic carbocycles. The number of nitrogens with one attached hydrogen (secondary N) is 1. The molecule has 1 fully saturated rings. The summed E-state index contributed by atoms with van der Waals surface area (Å²) in [5.74, 6) is -2.34. The second-order valence-corrected chi connectivity index (χ2v) is 6.12. The molecule has 0 aromatic heterocycles. The molecule has 24 heavy (non-hydrogen) atoms. The quantitative estimate of drug-likeness (QED) is 0.858. The molecule has 5 nitrogen and oxygen atoms in total. The number of aliphatic hydroxyl groups excluding tert-OH is 1. The third kappa shape index (κ3) is 4.50. The molecule has 7 heteroatoms. The monoisotopic (exact) mass is 340 g/mol. The van der Waals surface area contributed by atoms with Gasteiger partial charge in [0, 0.05) is 32.2 Å². The highest BCUT2D eigenvalue weighted by molar-refractivity contribution is 5.79. The Hall–Kier alpha value is -2.02. The second kappa shape index (κ2) is 8.19. The number of amides is 2. The number of likely N-dealkylation sites (tertiary alicyclic amines) is 1. The Balaban J connectivity index is 2.17. The first-order valence-corrected chi connectivity index (χ1v) is 8.02. The summed E-state index contributed by atoms with van der Waals surface area (Å²) >= 11 is 0. The van der Waals surface area contributed by atoms with Crippen molar-refractivity contribution in [3.63, 3.8) is 0 Å². The largest absolute Gasteiger partial charge is 0.396 e. The van der Waals surface area contributed by atoms with E-state index >= 15 is 0 Å². The Labute approximate surface area is 139 Å². The molecule has 2 rings (SSSR count). The minimum absolute atomic E-state index is 0.000839. The topological polar surface area (TPSA) is 69.6 Å². The van der Waals surface area contributed by atoms with Crippen LogP contribution < -0.4 is 5.32 Å². The highest BCUT2D eigenvalue weighted by Crippen LogP contribution is 2.25. The van der Waals surface area contributed by atoms with Gasteiger partial charge < -0.3 is 15.3 Å². The molecule has 1 aliphatic heterocycles. The Kier molecular flexibility index (Phi) is 6.25. The van der Waals surface area contributed by atoms with Crippen LogP contribution in [-0.2, 0) is 9.59 Å². The molecule has 0 bridgehead atoms. The molecule has 2 amide bonds. The van der Waals surface area contributed by atoms with Crippen molar-refractivity contribution < 1.29 is 23.5 Å². The number of carbonyl (C=O) groups is 2. The first-order valence-electron chi connectivity index (χ1n) is 8.02. The summed E-state index contributed by atoms with van der Waals surface area (Å²) in [5.41, 5.74) is -0.309. The summed E-state index contributed by atoms with van der Waals surface area (Å²) < 4.78 is 28.0. The SMILES string of the molecule is CC(=O)NC(CC(=O)N1CCCC(CO)C1)c1c(F)cccc1F. The van der Waals surface area contributed by atoms with Crippen LogP contribution in [0.2, 0.25) is 0 Å². The van der Waals surface area contributed by atoms with E-state index in [1.807, 2.05) is 0 Å². The van der Waals surface area contributed by atoms with Crippen molar-refractivity contribution in [3.05, 3.63) is 35.4 Å². The minimum Gasteiger partial charge on any atom is -0.396 e. The van der Waals surface area contributed by atoms with E-state index in [1.54, 1.807) is 4.90 Å². The van der Waals surface area contributed by atoms with Crippen LogP contribution in [-0.4, -0.2) is 41.5 Å². The van der Waals surface area contributed by atoms with E-state index in [-0.39, 0.29) is 30.4 Å². The van der Waals surface area contributed by atoms with Gasteiger partial charge in [-0.2, -0.15) is 0 Å². The van der Waals surface area contributed by atoms with Crippen LogP contribution in [0.3, 0.4) is 0 Å². The van der Waals surface area contributed by atoms with Crippen molar-refractivity contribution >= 4 is 11.8 Å². The van der Waals surface area contributed by atoms with Crippen LogP contribution in [0.4, 0.5) is 8.78 Å². The van der Waals surface area contributed by atoms with E-state index in [0.717, 1.165) is 25.0 Å². The fourth-order valence-corrected chi connectivity index (χ4v) is 3.06. The van der Waals surface area contributed by atoms with Crippen molar-refractivity contribution in [1.29, 1.82) is 0 Å². The van der Waals surface area contributed by atoms with Crippen LogP contribution in [0.1, 0.15) is 37.8 Å². The number of piperidine rings is 1. The molecule has 2 unspecified atom stereocenters. The number of benzene rings is 1. The lowest BCUT2D eigenvalue weighted by Gasteiger charge is -2.33. The lowest BCUT2D eigenvalue weighted by atomic mass is 9.97. The smallest absolute Gasteiger partial charge is 0.225 e. The van der Waals surface area contributed by atoms with Crippen molar-refractivity contribution in [2.24, 2.45) is 5.92 Å². The van der Waals surface area contributed by atoms with Gasteiger partial charge in [-0.3, -0.25) is 9.59 Å². The van der Waals surface area contributed by atoms with E-state index in [9.17, 15) is 23.5 Å². The van der Waals surface area contributed by atoms with E-state index in [4.69, 9.17) is 0 Å². The molecule has 1 saturated heterocycles. The lowest BCUT2D eigenvalue weighted by molar-refractivity contribution is -0.134. The van der Waals surface area contributed by atoms with E-state index in [1.165, 1.54) is 13.0 Å². The zero-order chi connectivity index (χ0) is 17.7. The van der Waals surface area contributed by atoms with Gasteiger partial charge in [-0.1, -0.05) is 6.07 Å². The fourth-order valence-electron chi connectivity index (χ4n) is 3.06. The number of hydrogen-bond donors (Lipinski definition) is 2. The van der Waals surface area contributed by atoms with Crippen LogP contribution in [0.5, 0.6) is 0 Å². The van der Waals surface area contributed by atoms with Gasteiger partial charge in [-0.05, 0) is 30.9 Å². The van der Waals surface area contributed by atoms with Gasteiger partial charge in [0.15, 0.2) is 0 Å². The molecule has 1 aliphatic rings. The Morgan fingerprint density at radius 3 is 2.62 bits per heavy atom. The number of nitrogens with zero attached hydrogens (tertiary/aromatic N) is 1. The highest BCUT2D eigenvalue weighted by atomic mass is 19.1. The van der Waals surface area contributed by atoms with Gasteiger partial charge in [0.1, 0.15) is 11.6 Å². The van der Waals surface area contributed by atoms with Crippen LogP contribution in [0.25, 0.3) is 0 Å². The van der Waals surface area contributed by atoms with Crippen LogP contribution >= 0.6 is 0 Å². The summed E-state index contributed by atoms with van der Waals surface area (Å²) in [6, 6.07) is 2.36. The Morgan fingerprint density at radius 2 is 2.04 bits per heavy atom. The maximum Gasteiger partial charge on any atom is 0.225 e. The predicted octanol–water partition coefficient (Wildman–Crippen LogP) is 1.76. The fraction of sp³-hybridized carbons (Fsp3) is 0.529. The predicted molar refractivity (Wildman–Crippen MR) is 83.9 cm³/mol. The van der Waals surface area contributed by atoms with Crippen molar-refractivity contribution in [3.8, 4) is 0 Å². The van der Waals surface area contributed by atoms with Crippen LogP contribution in [0.15, 0.2) is 18.2 Å². The van der Waals surface area contributed by atoms with Crippen molar-refractivity contribution in [2.45, 2.75) is 32.2 Å². The average molecular weight is 340 g/mol. The number of rotatable bonds is 5. The van der Waals surface area contributed by atoms with Gasteiger partial charge in [-0.15, -0.1) is 0 Å². The average Bonchev–Trinajstić information content (AvgIpc) is 2.54. The first kappa shape index (κ1) is 18.3. The minimum atomic E-state index is -1.06. The molecule has 132 valence electrons. The Bertz CT molecular complexity index is 589. The molecular formula is C17H22F2N2O3. The number of hydrogen-bond acceptors (Lipinski definition) is 3. The summed E-state index contributed by atoms with van der Waals surface area (Å²) in [7, 11) is 0.